The maximum atomic E-state index is 12.3. The Hall–Kier alpha value is -1.95. The number of amides is 1. The van der Waals surface area contributed by atoms with Crippen molar-refractivity contribution < 1.29 is 9.72 Å². The fourth-order valence-corrected chi connectivity index (χ4v) is 3.05. The van der Waals surface area contributed by atoms with Crippen LogP contribution >= 0.6 is 0 Å². The normalized spacial score (nSPS) is 15.6. The van der Waals surface area contributed by atoms with Crippen LogP contribution in [0.4, 0.5) is 5.69 Å². The Morgan fingerprint density at radius 2 is 2.13 bits per heavy atom. The zero-order chi connectivity index (χ0) is 16.7. The van der Waals surface area contributed by atoms with Crippen molar-refractivity contribution in [3.05, 3.63) is 39.9 Å². The first-order chi connectivity index (χ1) is 11.1. The van der Waals surface area contributed by atoms with Gasteiger partial charge in [-0.1, -0.05) is 12.1 Å². The van der Waals surface area contributed by atoms with E-state index in [1.807, 2.05) is 18.0 Å². The molecule has 1 fully saturated rings. The Balaban J connectivity index is 1.77. The van der Waals surface area contributed by atoms with Gasteiger partial charge in [-0.25, -0.2) is 0 Å². The molecule has 0 spiro atoms. The summed E-state index contributed by atoms with van der Waals surface area (Å²) in [4.78, 5) is 24.6. The number of hydrogen-bond acceptors (Lipinski definition) is 4. The third-order valence-corrected chi connectivity index (χ3v) is 4.52. The van der Waals surface area contributed by atoms with E-state index in [2.05, 4.69) is 5.32 Å². The zero-order valence-electron chi connectivity index (χ0n) is 13.7. The number of carbonyl (C=O) groups excluding carboxylic acids is 1. The SMILES string of the molecule is CNCCC1CCN(C(=O)CCc2cccc([N+](=O)[O-])c2)CC1. The quantitative estimate of drug-likeness (QED) is 0.618. The second-order valence-electron chi connectivity index (χ2n) is 6.14. The van der Waals surface area contributed by atoms with Crippen LogP contribution in [0.3, 0.4) is 0 Å². The molecule has 1 aromatic rings. The van der Waals surface area contributed by atoms with Crippen LogP contribution in [-0.4, -0.2) is 42.4 Å². The van der Waals surface area contributed by atoms with Gasteiger partial charge in [0.15, 0.2) is 0 Å². The van der Waals surface area contributed by atoms with Gasteiger partial charge < -0.3 is 10.2 Å². The second-order valence-corrected chi connectivity index (χ2v) is 6.14. The van der Waals surface area contributed by atoms with Crippen molar-refractivity contribution in [2.45, 2.75) is 32.1 Å². The summed E-state index contributed by atoms with van der Waals surface area (Å²) in [5, 5.41) is 13.9. The maximum absolute atomic E-state index is 12.3. The highest BCUT2D eigenvalue weighted by Crippen LogP contribution is 2.21. The van der Waals surface area contributed by atoms with Gasteiger partial charge in [-0.15, -0.1) is 0 Å². The summed E-state index contributed by atoms with van der Waals surface area (Å²) in [5.74, 6) is 0.867. The molecule has 2 rings (SSSR count). The first-order valence-corrected chi connectivity index (χ1v) is 8.26. The third-order valence-electron chi connectivity index (χ3n) is 4.52. The highest BCUT2D eigenvalue weighted by molar-refractivity contribution is 5.76. The lowest BCUT2D eigenvalue weighted by Crippen LogP contribution is -2.39. The van der Waals surface area contributed by atoms with Crippen LogP contribution in [0.15, 0.2) is 24.3 Å². The highest BCUT2D eigenvalue weighted by Gasteiger charge is 2.22. The molecule has 0 aliphatic carbocycles. The van der Waals surface area contributed by atoms with E-state index in [1.165, 1.54) is 12.5 Å². The molecule has 0 unspecified atom stereocenters. The number of nitro groups is 1. The van der Waals surface area contributed by atoms with Crippen molar-refractivity contribution in [3.63, 3.8) is 0 Å². The first-order valence-electron chi connectivity index (χ1n) is 8.26. The van der Waals surface area contributed by atoms with E-state index < -0.39 is 4.92 Å². The Morgan fingerprint density at radius 3 is 2.78 bits per heavy atom. The molecule has 1 aromatic carbocycles. The minimum Gasteiger partial charge on any atom is -0.343 e. The molecule has 0 atom stereocenters. The first kappa shape index (κ1) is 17.4. The Kier molecular flexibility index (Phi) is 6.52. The van der Waals surface area contributed by atoms with Crippen LogP contribution in [0.25, 0.3) is 0 Å². The Bertz CT molecular complexity index is 540. The van der Waals surface area contributed by atoms with E-state index in [0.717, 1.165) is 38.0 Å². The zero-order valence-corrected chi connectivity index (χ0v) is 13.7. The summed E-state index contributed by atoms with van der Waals surface area (Å²) in [7, 11) is 1.96. The summed E-state index contributed by atoms with van der Waals surface area (Å²) in [6.45, 7) is 2.70. The Morgan fingerprint density at radius 1 is 1.39 bits per heavy atom. The fourth-order valence-electron chi connectivity index (χ4n) is 3.05. The van der Waals surface area contributed by atoms with Crippen molar-refractivity contribution in [2.75, 3.05) is 26.7 Å². The van der Waals surface area contributed by atoms with E-state index in [0.29, 0.717) is 18.8 Å². The minimum absolute atomic E-state index is 0.0836. The minimum atomic E-state index is -0.402. The van der Waals surface area contributed by atoms with Gasteiger partial charge in [-0.3, -0.25) is 14.9 Å². The predicted octanol–water partition coefficient (Wildman–Crippen LogP) is 2.38. The van der Waals surface area contributed by atoms with Crippen molar-refractivity contribution in [1.82, 2.24) is 10.2 Å². The largest absolute Gasteiger partial charge is 0.343 e. The maximum Gasteiger partial charge on any atom is 0.269 e. The summed E-state index contributed by atoms with van der Waals surface area (Å²) >= 11 is 0. The van der Waals surface area contributed by atoms with Gasteiger partial charge in [-0.2, -0.15) is 0 Å². The molecule has 1 aliphatic heterocycles. The molecule has 1 saturated heterocycles. The van der Waals surface area contributed by atoms with E-state index in [4.69, 9.17) is 0 Å². The van der Waals surface area contributed by atoms with Crippen molar-refractivity contribution in [3.8, 4) is 0 Å². The molecular formula is C17H25N3O3. The fraction of sp³-hybridized carbons (Fsp3) is 0.588. The summed E-state index contributed by atoms with van der Waals surface area (Å²) in [6, 6.07) is 6.54. The molecule has 126 valence electrons. The lowest BCUT2D eigenvalue weighted by molar-refractivity contribution is -0.384. The van der Waals surface area contributed by atoms with Gasteiger partial charge in [0.05, 0.1) is 4.92 Å². The molecule has 1 N–H and O–H groups in total. The van der Waals surface area contributed by atoms with Crippen molar-refractivity contribution in [2.24, 2.45) is 5.92 Å². The van der Waals surface area contributed by atoms with Crippen LogP contribution in [0, 0.1) is 16.0 Å². The highest BCUT2D eigenvalue weighted by atomic mass is 16.6. The smallest absolute Gasteiger partial charge is 0.269 e. The van der Waals surface area contributed by atoms with Crippen molar-refractivity contribution in [1.29, 1.82) is 0 Å². The molecule has 6 nitrogen and oxygen atoms in total. The predicted molar refractivity (Wildman–Crippen MR) is 89.3 cm³/mol. The number of nitrogens with one attached hydrogen (secondary N) is 1. The average molecular weight is 319 g/mol. The summed E-state index contributed by atoms with van der Waals surface area (Å²) < 4.78 is 0. The monoisotopic (exact) mass is 319 g/mol. The second kappa shape index (κ2) is 8.62. The number of non-ortho nitro benzene ring substituents is 1. The third kappa shape index (κ3) is 5.32. The van der Waals surface area contributed by atoms with Gasteiger partial charge in [0.1, 0.15) is 0 Å². The molecule has 0 aromatic heterocycles. The van der Waals surface area contributed by atoms with E-state index in [-0.39, 0.29) is 11.6 Å². The lowest BCUT2D eigenvalue weighted by Gasteiger charge is -2.32. The standard InChI is InChI=1S/C17H25N3O3/c1-18-10-7-14-8-11-19(12-9-14)17(21)6-5-15-3-2-4-16(13-15)20(22)23/h2-4,13-14,18H,5-12H2,1H3. The van der Waals surface area contributed by atoms with Gasteiger partial charge >= 0.3 is 0 Å². The number of likely N-dealkylation sites (tertiary alicyclic amines) is 1. The van der Waals surface area contributed by atoms with Crippen LogP contribution in [-0.2, 0) is 11.2 Å². The lowest BCUT2D eigenvalue weighted by atomic mass is 9.93. The van der Waals surface area contributed by atoms with E-state index >= 15 is 0 Å². The van der Waals surface area contributed by atoms with Gasteiger partial charge in [0.2, 0.25) is 5.91 Å². The van der Waals surface area contributed by atoms with Gasteiger partial charge in [0.25, 0.3) is 5.69 Å². The average Bonchev–Trinajstić information content (AvgIpc) is 2.58. The van der Waals surface area contributed by atoms with Crippen LogP contribution in [0.1, 0.15) is 31.2 Å². The van der Waals surface area contributed by atoms with Gasteiger partial charge in [0, 0.05) is 31.6 Å². The van der Waals surface area contributed by atoms with Crippen molar-refractivity contribution >= 4 is 11.6 Å². The summed E-state index contributed by atoms with van der Waals surface area (Å²) in [6.07, 6.45) is 4.29. The number of benzene rings is 1. The molecular weight excluding hydrogens is 294 g/mol. The molecule has 1 amide bonds. The van der Waals surface area contributed by atoms with Crippen LogP contribution < -0.4 is 5.32 Å². The molecule has 6 heteroatoms. The van der Waals surface area contributed by atoms with Gasteiger partial charge in [-0.05, 0) is 50.8 Å². The molecule has 0 bridgehead atoms. The summed E-state index contributed by atoms with van der Waals surface area (Å²) in [5.41, 5.74) is 0.928. The topological polar surface area (TPSA) is 75.5 Å². The number of piperidine rings is 1. The number of carbonyl (C=O) groups is 1. The number of aryl methyl sites for hydroxylation is 1. The number of nitrogens with zero attached hydrogens (tertiary/aromatic N) is 2. The molecule has 0 saturated carbocycles. The Labute approximate surface area is 137 Å². The number of nitro benzene ring substituents is 1. The van der Waals surface area contributed by atoms with Crippen LogP contribution in [0.2, 0.25) is 0 Å². The van der Waals surface area contributed by atoms with E-state index in [9.17, 15) is 14.9 Å². The number of hydrogen-bond donors (Lipinski definition) is 1. The van der Waals surface area contributed by atoms with Crippen LogP contribution in [0.5, 0.6) is 0 Å². The molecule has 1 heterocycles. The van der Waals surface area contributed by atoms with E-state index in [1.54, 1.807) is 12.1 Å². The molecule has 0 radical (unpaired) electrons. The molecule has 1 aliphatic rings. The molecule has 23 heavy (non-hydrogen) atoms. The number of rotatable bonds is 7.